The molecule has 0 atom stereocenters. The van der Waals surface area contributed by atoms with E-state index in [9.17, 15) is 5.11 Å². The van der Waals surface area contributed by atoms with Gasteiger partial charge in [-0.3, -0.25) is 4.90 Å². The van der Waals surface area contributed by atoms with E-state index >= 15 is 0 Å². The molecular weight excluding hydrogens is 218 g/mol. The maximum atomic E-state index is 9.81. The Bertz CT molecular complexity index is 377. The molecule has 0 unspecified atom stereocenters. The minimum absolute atomic E-state index is 0.154. The van der Waals surface area contributed by atoms with Crippen molar-refractivity contribution in [2.45, 2.75) is 25.4 Å². The molecule has 4 nitrogen and oxygen atoms in total. The summed E-state index contributed by atoms with van der Waals surface area (Å²) >= 11 is 0. The first-order valence-electron chi connectivity index (χ1n) is 5.95. The van der Waals surface area contributed by atoms with Gasteiger partial charge >= 0.3 is 0 Å². The first-order chi connectivity index (χ1) is 8.24. The van der Waals surface area contributed by atoms with Crippen LogP contribution in [0.3, 0.4) is 0 Å². The van der Waals surface area contributed by atoms with Gasteiger partial charge in [-0.1, -0.05) is 0 Å². The first-order valence-corrected chi connectivity index (χ1v) is 5.95. The van der Waals surface area contributed by atoms with E-state index in [-0.39, 0.29) is 12.4 Å². The molecule has 2 N–H and O–H groups in total. The van der Waals surface area contributed by atoms with Crippen LogP contribution in [0.15, 0.2) is 18.2 Å². The topological polar surface area (TPSA) is 52.9 Å². The molecule has 0 heterocycles. The van der Waals surface area contributed by atoms with E-state index in [1.807, 2.05) is 6.07 Å². The first kappa shape index (κ1) is 12.2. The van der Waals surface area contributed by atoms with Gasteiger partial charge in [0.15, 0.2) is 0 Å². The Kier molecular flexibility index (Phi) is 3.86. The molecule has 4 heteroatoms. The highest BCUT2D eigenvalue weighted by Gasteiger charge is 2.28. The second kappa shape index (κ2) is 5.38. The van der Waals surface area contributed by atoms with Crippen LogP contribution < -0.4 is 4.74 Å². The van der Waals surface area contributed by atoms with E-state index in [2.05, 4.69) is 4.90 Å². The Hall–Kier alpha value is -1.26. The van der Waals surface area contributed by atoms with Crippen LogP contribution in [0, 0.1) is 0 Å². The highest BCUT2D eigenvalue weighted by atomic mass is 16.5. The van der Waals surface area contributed by atoms with Crippen molar-refractivity contribution in [2.75, 3.05) is 20.3 Å². The van der Waals surface area contributed by atoms with E-state index in [1.54, 1.807) is 19.2 Å². The van der Waals surface area contributed by atoms with Gasteiger partial charge in [0.25, 0.3) is 0 Å². The number of aliphatic hydroxyl groups is 1. The van der Waals surface area contributed by atoms with Crippen molar-refractivity contribution < 1.29 is 14.9 Å². The van der Waals surface area contributed by atoms with Crippen LogP contribution in [-0.2, 0) is 6.54 Å². The summed E-state index contributed by atoms with van der Waals surface area (Å²) in [6.07, 6.45) is 2.37. The molecule has 94 valence electrons. The molecular formula is C13H19NO3. The molecule has 2 rings (SSSR count). The van der Waals surface area contributed by atoms with Gasteiger partial charge in [0.05, 0.1) is 13.7 Å². The number of rotatable bonds is 6. The fourth-order valence-corrected chi connectivity index (χ4v) is 1.99. The zero-order valence-electron chi connectivity index (χ0n) is 10.1. The van der Waals surface area contributed by atoms with E-state index in [4.69, 9.17) is 9.84 Å². The third kappa shape index (κ3) is 3.11. The Morgan fingerprint density at radius 3 is 2.76 bits per heavy atom. The standard InChI is InChI=1S/C13H19NO3/c1-17-12-4-5-13(16)10(8-12)9-14(6-7-15)11-2-3-11/h4-5,8,11,15-16H,2-3,6-7,9H2,1H3. The summed E-state index contributed by atoms with van der Waals surface area (Å²) in [4.78, 5) is 2.20. The minimum atomic E-state index is 0.154. The van der Waals surface area contributed by atoms with Crippen LogP contribution in [-0.4, -0.2) is 41.4 Å². The number of hydrogen-bond acceptors (Lipinski definition) is 4. The summed E-state index contributed by atoms with van der Waals surface area (Å²) in [5.41, 5.74) is 0.852. The normalized spacial score (nSPS) is 15.2. The summed E-state index contributed by atoms with van der Waals surface area (Å²) in [6, 6.07) is 5.81. The molecule has 0 amide bonds. The summed E-state index contributed by atoms with van der Waals surface area (Å²) < 4.78 is 5.15. The largest absolute Gasteiger partial charge is 0.508 e. The van der Waals surface area contributed by atoms with E-state index < -0.39 is 0 Å². The molecule has 0 aromatic heterocycles. The Morgan fingerprint density at radius 1 is 1.41 bits per heavy atom. The number of ether oxygens (including phenoxy) is 1. The van der Waals surface area contributed by atoms with Crippen molar-refractivity contribution in [3.05, 3.63) is 23.8 Å². The lowest BCUT2D eigenvalue weighted by molar-refractivity contribution is 0.182. The number of nitrogens with zero attached hydrogens (tertiary/aromatic N) is 1. The minimum Gasteiger partial charge on any atom is -0.508 e. The van der Waals surface area contributed by atoms with Gasteiger partial charge < -0.3 is 14.9 Å². The predicted molar refractivity (Wildman–Crippen MR) is 65.2 cm³/mol. The average Bonchev–Trinajstić information content (AvgIpc) is 3.15. The van der Waals surface area contributed by atoms with Crippen molar-refractivity contribution in [2.24, 2.45) is 0 Å². The summed E-state index contributed by atoms with van der Waals surface area (Å²) in [6.45, 7) is 1.47. The van der Waals surface area contributed by atoms with Crippen LogP contribution in [0.1, 0.15) is 18.4 Å². The Labute approximate surface area is 101 Å². The van der Waals surface area contributed by atoms with E-state index in [1.165, 1.54) is 12.8 Å². The molecule has 1 aromatic carbocycles. The lowest BCUT2D eigenvalue weighted by Crippen LogP contribution is -2.28. The molecule has 1 aromatic rings. The molecule has 0 spiro atoms. The number of aromatic hydroxyl groups is 1. The quantitative estimate of drug-likeness (QED) is 0.784. The van der Waals surface area contributed by atoms with Crippen LogP contribution >= 0.6 is 0 Å². The number of phenolic OH excluding ortho intramolecular Hbond substituents is 1. The molecule has 0 saturated heterocycles. The molecule has 17 heavy (non-hydrogen) atoms. The van der Waals surface area contributed by atoms with Crippen molar-refractivity contribution in [1.82, 2.24) is 4.90 Å². The number of benzene rings is 1. The lowest BCUT2D eigenvalue weighted by atomic mass is 10.1. The van der Waals surface area contributed by atoms with Gasteiger partial charge in [0, 0.05) is 24.7 Å². The number of hydrogen-bond donors (Lipinski definition) is 2. The summed E-state index contributed by atoms with van der Waals surface area (Å²) in [5, 5.41) is 18.8. The molecule has 1 saturated carbocycles. The monoisotopic (exact) mass is 237 g/mol. The molecule has 1 aliphatic carbocycles. The van der Waals surface area contributed by atoms with Crippen molar-refractivity contribution in [3.63, 3.8) is 0 Å². The number of aliphatic hydroxyl groups excluding tert-OH is 1. The smallest absolute Gasteiger partial charge is 0.120 e. The van der Waals surface area contributed by atoms with Gasteiger partial charge in [-0.25, -0.2) is 0 Å². The molecule has 0 bridgehead atoms. The third-order valence-electron chi connectivity index (χ3n) is 3.11. The molecule has 1 fully saturated rings. The van der Waals surface area contributed by atoms with Crippen molar-refractivity contribution in [3.8, 4) is 11.5 Å². The Balaban J connectivity index is 2.09. The van der Waals surface area contributed by atoms with Gasteiger partial charge in [-0.15, -0.1) is 0 Å². The van der Waals surface area contributed by atoms with Crippen LogP contribution in [0.25, 0.3) is 0 Å². The molecule has 0 radical (unpaired) electrons. The molecule has 0 aliphatic heterocycles. The van der Waals surface area contributed by atoms with Gasteiger partial charge in [0.1, 0.15) is 11.5 Å². The third-order valence-corrected chi connectivity index (χ3v) is 3.11. The fraction of sp³-hybridized carbons (Fsp3) is 0.538. The maximum absolute atomic E-state index is 9.81. The summed E-state index contributed by atoms with van der Waals surface area (Å²) in [7, 11) is 1.61. The van der Waals surface area contributed by atoms with Gasteiger partial charge in [-0.05, 0) is 31.0 Å². The van der Waals surface area contributed by atoms with Gasteiger partial charge in [0.2, 0.25) is 0 Å². The maximum Gasteiger partial charge on any atom is 0.120 e. The highest BCUT2D eigenvalue weighted by molar-refractivity contribution is 5.39. The van der Waals surface area contributed by atoms with E-state index in [0.29, 0.717) is 19.1 Å². The number of methoxy groups -OCH3 is 1. The average molecular weight is 237 g/mol. The zero-order valence-corrected chi connectivity index (χ0v) is 10.1. The number of phenols is 1. The van der Waals surface area contributed by atoms with Crippen LogP contribution in [0.4, 0.5) is 0 Å². The van der Waals surface area contributed by atoms with Crippen LogP contribution in [0.5, 0.6) is 11.5 Å². The van der Waals surface area contributed by atoms with Crippen LogP contribution in [0.2, 0.25) is 0 Å². The Morgan fingerprint density at radius 2 is 2.18 bits per heavy atom. The molecule has 1 aliphatic rings. The lowest BCUT2D eigenvalue weighted by Gasteiger charge is -2.21. The van der Waals surface area contributed by atoms with Crippen molar-refractivity contribution in [1.29, 1.82) is 0 Å². The van der Waals surface area contributed by atoms with Gasteiger partial charge in [-0.2, -0.15) is 0 Å². The van der Waals surface area contributed by atoms with E-state index in [0.717, 1.165) is 11.3 Å². The SMILES string of the molecule is COc1ccc(O)c(CN(CCO)C2CC2)c1. The fourth-order valence-electron chi connectivity index (χ4n) is 1.99. The predicted octanol–water partition coefficient (Wildman–Crippen LogP) is 1.36. The summed E-state index contributed by atoms with van der Waals surface area (Å²) in [5.74, 6) is 1.03. The second-order valence-electron chi connectivity index (χ2n) is 4.42. The second-order valence-corrected chi connectivity index (χ2v) is 4.42. The zero-order chi connectivity index (χ0) is 12.3. The highest BCUT2D eigenvalue weighted by Crippen LogP contribution is 2.31. The van der Waals surface area contributed by atoms with Crippen molar-refractivity contribution >= 4 is 0 Å².